The molecule has 0 fully saturated rings. The van der Waals surface area contributed by atoms with Crippen molar-refractivity contribution in [1.29, 1.82) is 10.5 Å². The lowest BCUT2D eigenvalue weighted by atomic mass is 10.0. The second-order valence-electron chi connectivity index (χ2n) is 11.3. The quantitative estimate of drug-likeness (QED) is 0.186. The van der Waals surface area contributed by atoms with Crippen LogP contribution in [0.3, 0.4) is 0 Å². The van der Waals surface area contributed by atoms with E-state index >= 15 is 0 Å². The number of nitrogens with zero attached hydrogens (tertiary/aromatic N) is 3. The van der Waals surface area contributed by atoms with Crippen molar-refractivity contribution < 1.29 is 4.74 Å². The van der Waals surface area contributed by atoms with E-state index in [1.165, 1.54) is 58.7 Å². The minimum absolute atomic E-state index is 0.0739. The molecule has 4 nitrogen and oxygen atoms in total. The van der Waals surface area contributed by atoms with Crippen LogP contribution in [0.1, 0.15) is 39.6 Å². The average Bonchev–Trinajstić information content (AvgIpc) is 3.50. The zero-order valence-corrected chi connectivity index (χ0v) is 27.2. The molecule has 3 heterocycles. The number of benzene rings is 3. The molecule has 6 rings (SSSR count). The standard InChI is InChI=1S/C38H31N3OS2/c1-22-11-23(2)15-31(14-22)41(37-25(4)12-24(3)13-26(37)5)30-7-10-34-35(18-30)44-36-19-33(43-38(34)36)9-8-32-17-28(16-27(6)42-32)29(20-39)21-40/h7-19H,1-6H3/b9-8+. The van der Waals surface area contributed by atoms with E-state index in [1.807, 2.05) is 42.6 Å². The summed E-state index contributed by atoms with van der Waals surface area (Å²) in [6.45, 7) is 12.7. The van der Waals surface area contributed by atoms with E-state index in [9.17, 15) is 10.5 Å². The van der Waals surface area contributed by atoms with Crippen molar-refractivity contribution in [3.8, 4) is 12.1 Å². The molecule has 5 aromatic rings. The Balaban J connectivity index is 1.39. The van der Waals surface area contributed by atoms with E-state index in [0.717, 1.165) is 10.6 Å². The van der Waals surface area contributed by atoms with Crippen LogP contribution >= 0.6 is 22.7 Å². The molecule has 44 heavy (non-hydrogen) atoms. The Morgan fingerprint density at radius 2 is 1.41 bits per heavy atom. The maximum atomic E-state index is 9.27. The van der Waals surface area contributed by atoms with Gasteiger partial charge in [-0.1, -0.05) is 29.8 Å². The molecule has 0 amide bonds. The molecule has 0 N–H and O–H groups in total. The van der Waals surface area contributed by atoms with E-state index in [2.05, 4.69) is 94.1 Å². The topological polar surface area (TPSA) is 60.0 Å². The normalized spacial score (nSPS) is 13.0. The highest BCUT2D eigenvalue weighted by atomic mass is 32.1. The summed E-state index contributed by atoms with van der Waals surface area (Å²) in [6, 6.07) is 24.2. The molecule has 0 aliphatic carbocycles. The first-order valence-corrected chi connectivity index (χ1v) is 16.0. The predicted molar refractivity (Wildman–Crippen MR) is 186 cm³/mol. The Labute approximate surface area is 266 Å². The van der Waals surface area contributed by atoms with Crippen LogP contribution in [-0.4, -0.2) is 0 Å². The number of ether oxygens (including phenoxy) is 1. The highest BCUT2D eigenvalue weighted by Gasteiger charge is 2.20. The van der Waals surface area contributed by atoms with Crippen LogP contribution in [0.5, 0.6) is 0 Å². The molecule has 0 saturated carbocycles. The number of hydrogen-bond donors (Lipinski definition) is 0. The van der Waals surface area contributed by atoms with Gasteiger partial charge in [0.15, 0.2) is 0 Å². The first kappa shape index (κ1) is 29.2. The number of thiophene rings is 2. The van der Waals surface area contributed by atoms with Crippen molar-refractivity contribution in [2.45, 2.75) is 41.5 Å². The van der Waals surface area contributed by atoms with Gasteiger partial charge in [0.2, 0.25) is 0 Å². The maximum Gasteiger partial charge on any atom is 0.137 e. The van der Waals surface area contributed by atoms with Gasteiger partial charge in [-0.3, -0.25) is 0 Å². The van der Waals surface area contributed by atoms with E-state index < -0.39 is 0 Å². The molecular formula is C38H31N3OS2. The van der Waals surface area contributed by atoms with E-state index in [4.69, 9.17) is 4.74 Å². The highest BCUT2D eigenvalue weighted by Crippen LogP contribution is 2.45. The summed E-state index contributed by atoms with van der Waals surface area (Å²) in [4.78, 5) is 3.52. The van der Waals surface area contributed by atoms with Crippen LogP contribution < -0.4 is 4.90 Å². The molecule has 2 aromatic heterocycles. The lowest BCUT2D eigenvalue weighted by molar-refractivity contribution is 0.318. The summed E-state index contributed by atoms with van der Waals surface area (Å²) in [5.74, 6) is 1.24. The zero-order chi connectivity index (χ0) is 31.1. The third-order valence-corrected chi connectivity index (χ3v) is 9.95. The van der Waals surface area contributed by atoms with Crippen LogP contribution in [0.25, 0.3) is 25.6 Å². The molecule has 0 atom stereocenters. The van der Waals surface area contributed by atoms with Gasteiger partial charge in [-0.05, 0) is 118 Å². The summed E-state index contributed by atoms with van der Waals surface area (Å²) in [5.41, 5.74) is 10.5. The van der Waals surface area contributed by atoms with Gasteiger partial charge in [-0.2, -0.15) is 10.5 Å². The third-order valence-electron chi connectivity index (χ3n) is 7.59. The van der Waals surface area contributed by atoms with Crippen molar-refractivity contribution in [2.75, 3.05) is 4.90 Å². The first-order chi connectivity index (χ1) is 21.1. The smallest absolute Gasteiger partial charge is 0.137 e. The zero-order valence-electron chi connectivity index (χ0n) is 25.6. The largest absolute Gasteiger partial charge is 0.462 e. The number of hydrogen-bond acceptors (Lipinski definition) is 6. The number of anilines is 3. The maximum absolute atomic E-state index is 9.27. The summed E-state index contributed by atoms with van der Waals surface area (Å²) in [6.07, 6.45) is 7.37. The molecule has 0 spiro atoms. The first-order valence-electron chi connectivity index (χ1n) is 14.4. The predicted octanol–water partition coefficient (Wildman–Crippen LogP) is 11.3. The molecule has 216 valence electrons. The second-order valence-corrected chi connectivity index (χ2v) is 13.5. The Morgan fingerprint density at radius 3 is 2.09 bits per heavy atom. The molecule has 6 heteroatoms. The minimum Gasteiger partial charge on any atom is -0.462 e. The summed E-state index contributed by atoms with van der Waals surface area (Å²) >= 11 is 3.56. The molecule has 0 radical (unpaired) electrons. The second kappa shape index (κ2) is 11.7. The Morgan fingerprint density at radius 1 is 0.727 bits per heavy atom. The van der Waals surface area contributed by atoms with E-state index in [0.29, 0.717) is 17.1 Å². The monoisotopic (exact) mass is 609 g/mol. The van der Waals surface area contributed by atoms with Crippen LogP contribution in [-0.2, 0) is 4.74 Å². The molecule has 0 bridgehead atoms. The molecule has 1 aliphatic rings. The number of aryl methyl sites for hydroxylation is 5. The van der Waals surface area contributed by atoms with Gasteiger partial charge in [0.05, 0.1) is 10.4 Å². The van der Waals surface area contributed by atoms with E-state index in [1.54, 1.807) is 23.5 Å². The highest BCUT2D eigenvalue weighted by molar-refractivity contribution is 7.33. The Kier molecular flexibility index (Phi) is 7.74. The molecule has 0 unspecified atom stereocenters. The molecule has 1 aliphatic heterocycles. The summed E-state index contributed by atoms with van der Waals surface area (Å²) in [7, 11) is 0. The fourth-order valence-electron chi connectivity index (χ4n) is 5.99. The molecule has 3 aromatic carbocycles. The van der Waals surface area contributed by atoms with Crippen molar-refractivity contribution in [3.05, 3.63) is 128 Å². The lowest BCUT2D eigenvalue weighted by Gasteiger charge is -2.29. The number of allylic oxidation sites excluding steroid dienone is 6. The van der Waals surface area contributed by atoms with Gasteiger partial charge in [0.25, 0.3) is 0 Å². The van der Waals surface area contributed by atoms with Crippen molar-refractivity contribution >= 4 is 65.3 Å². The van der Waals surface area contributed by atoms with Crippen LogP contribution in [0.4, 0.5) is 17.1 Å². The minimum atomic E-state index is 0.0739. The van der Waals surface area contributed by atoms with Crippen molar-refractivity contribution in [3.63, 3.8) is 0 Å². The van der Waals surface area contributed by atoms with Crippen LogP contribution in [0, 0.1) is 57.3 Å². The number of nitriles is 2. The average molecular weight is 610 g/mol. The van der Waals surface area contributed by atoms with Gasteiger partial charge in [-0.15, -0.1) is 22.7 Å². The third kappa shape index (κ3) is 5.58. The Bertz CT molecular complexity index is 2130. The van der Waals surface area contributed by atoms with Crippen molar-refractivity contribution in [1.82, 2.24) is 0 Å². The fraction of sp³-hybridized carbons (Fsp3) is 0.158. The fourth-order valence-corrected chi connectivity index (χ4v) is 8.46. The number of rotatable bonds is 5. The molecule has 0 saturated heterocycles. The summed E-state index contributed by atoms with van der Waals surface area (Å²) in [5, 5.41) is 19.8. The van der Waals surface area contributed by atoms with Gasteiger partial charge >= 0.3 is 0 Å². The Hall–Kier alpha value is -4.88. The SMILES string of the molecule is CC1=CC(=C(C#N)C#N)C=C(/C=C/c2cc3sc4cc(N(c5cc(C)cc(C)c5)c5c(C)cc(C)cc5C)ccc4c3s2)O1. The van der Waals surface area contributed by atoms with Crippen LogP contribution in [0.15, 0.2) is 95.5 Å². The van der Waals surface area contributed by atoms with Gasteiger partial charge in [-0.25, -0.2) is 0 Å². The van der Waals surface area contributed by atoms with Crippen LogP contribution in [0.2, 0.25) is 0 Å². The van der Waals surface area contributed by atoms with Crippen molar-refractivity contribution in [2.24, 2.45) is 0 Å². The number of fused-ring (bicyclic) bond motifs is 3. The van der Waals surface area contributed by atoms with Gasteiger partial charge < -0.3 is 9.64 Å². The molecular weight excluding hydrogens is 579 g/mol. The van der Waals surface area contributed by atoms with E-state index in [-0.39, 0.29) is 5.57 Å². The lowest BCUT2D eigenvalue weighted by Crippen LogP contribution is -2.13. The summed E-state index contributed by atoms with van der Waals surface area (Å²) < 4.78 is 9.60. The van der Waals surface area contributed by atoms with Gasteiger partial charge in [0.1, 0.15) is 29.2 Å². The van der Waals surface area contributed by atoms with Gasteiger partial charge in [0, 0.05) is 36.6 Å².